The molecule has 0 aromatic carbocycles. The molecule has 1 fully saturated rings. The third-order valence-corrected chi connectivity index (χ3v) is 3.23. The molecule has 0 unspecified atom stereocenters. The second-order valence-corrected chi connectivity index (χ2v) is 4.11. The van der Waals surface area contributed by atoms with Crippen molar-refractivity contribution in [1.82, 2.24) is 4.98 Å². The van der Waals surface area contributed by atoms with Crippen LogP contribution in [0, 0.1) is 0 Å². The Morgan fingerprint density at radius 3 is 2.93 bits per heavy atom. The maximum Gasteiger partial charge on any atom is 0.347 e. The van der Waals surface area contributed by atoms with Gasteiger partial charge in [-0.2, -0.15) is 0 Å². The number of hydrogen-bond acceptors (Lipinski definition) is 4. The molecule has 0 bridgehead atoms. The van der Waals surface area contributed by atoms with E-state index >= 15 is 0 Å². The number of hydrogen-bond donors (Lipinski definition) is 1. The van der Waals surface area contributed by atoms with E-state index in [0.29, 0.717) is 18.1 Å². The minimum atomic E-state index is -0.867. The van der Waals surface area contributed by atoms with E-state index in [-0.39, 0.29) is 5.92 Å². The van der Waals surface area contributed by atoms with Crippen LogP contribution in [0.3, 0.4) is 0 Å². The first-order valence-electron chi connectivity index (χ1n) is 4.53. The van der Waals surface area contributed by atoms with Crippen molar-refractivity contribution < 1.29 is 14.6 Å². The molecule has 5 heteroatoms. The van der Waals surface area contributed by atoms with Gasteiger partial charge in [-0.25, -0.2) is 9.78 Å². The lowest BCUT2D eigenvalue weighted by atomic mass is 9.96. The molecule has 2 heterocycles. The van der Waals surface area contributed by atoms with Crippen LogP contribution in [0.2, 0.25) is 0 Å². The Morgan fingerprint density at radius 2 is 2.29 bits per heavy atom. The highest BCUT2D eigenvalue weighted by atomic mass is 32.1. The molecule has 4 nitrogen and oxygen atoms in total. The molecule has 1 saturated heterocycles. The van der Waals surface area contributed by atoms with Gasteiger partial charge in [0.05, 0.1) is 11.2 Å². The van der Waals surface area contributed by atoms with E-state index in [0.717, 1.165) is 18.5 Å². The molecule has 1 aromatic heterocycles. The largest absolute Gasteiger partial charge is 0.477 e. The first-order chi connectivity index (χ1) is 6.79. The summed E-state index contributed by atoms with van der Waals surface area (Å²) in [4.78, 5) is 15.4. The van der Waals surface area contributed by atoms with Gasteiger partial charge in [0.25, 0.3) is 0 Å². The highest BCUT2D eigenvalue weighted by Gasteiger charge is 2.23. The van der Waals surface area contributed by atoms with Crippen LogP contribution in [0.25, 0.3) is 0 Å². The smallest absolute Gasteiger partial charge is 0.347 e. The van der Waals surface area contributed by atoms with Crippen molar-refractivity contribution in [2.45, 2.75) is 18.8 Å². The normalized spacial score (nSPS) is 18.3. The summed E-state index contributed by atoms with van der Waals surface area (Å²) >= 11 is 1.20. The van der Waals surface area contributed by atoms with Gasteiger partial charge in [0.1, 0.15) is 4.88 Å². The quantitative estimate of drug-likeness (QED) is 0.812. The highest BCUT2D eigenvalue weighted by molar-refractivity contribution is 7.11. The Bertz CT molecular complexity index is 331. The van der Waals surface area contributed by atoms with Crippen LogP contribution in [0.5, 0.6) is 0 Å². The molecule has 1 aliphatic heterocycles. The summed E-state index contributed by atoms with van der Waals surface area (Å²) in [6.45, 7) is 1.42. The minimum Gasteiger partial charge on any atom is -0.477 e. The van der Waals surface area contributed by atoms with Crippen molar-refractivity contribution in [3.63, 3.8) is 0 Å². The van der Waals surface area contributed by atoms with Gasteiger partial charge < -0.3 is 9.84 Å². The molecule has 0 aliphatic carbocycles. The average Bonchev–Trinajstić information content (AvgIpc) is 2.67. The zero-order valence-electron chi connectivity index (χ0n) is 7.60. The van der Waals surface area contributed by atoms with E-state index in [1.807, 2.05) is 0 Å². The number of carboxylic acid groups (broad SMARTS) is 1. The maximum absolute atomic E-state index is 10.9. The first kappa shape index (κ1) is 9.61. The summed E-state index contributed by atoms with van der Waals surface area (Å²) in [6, 6.07) is 0. The molecule has 1 aromatic rings. The number of aromatic nitrogens is 1. The standard InChI is InChI=1S/C9H11NO3S/c11-9(12)8-7(10-5-14-8)6-1-3-13-4-2-6/h5-6H,1-4H2,(H,11,12). The Hall–Kier alpha value is -0.940. The zero-order valence-corrected chi connectivity index (χ0v) is 8.42. The van der Waals surface area contributed by atoms with Crippen LogP contribution in [-0.2, 0) is 4.74 Å². The number of ether oxygens (including phenoxy) is 1. The van der Waals surface area contributed by atoms with Crippen LogP contribution in [-0.4, -0.2) is 29.3 Å². The van der Waals surface area contributed by atoms with Crippen molar-refractivity contribution in [2.24, 2.45) is 0 Å². The Balaban J connectivity index is 2.21. The summed E-state index contributed by atoms with van der Waals surface area (Å²) in [5.41, 5.74) is 2.35. The molecule has 2 rings (SSSR count). The molecule has 0 radical (unpaired) electrons. The summed E-state index contributed by atoms with van der Waals surface area (Å²) in [5, 5.41) is 8.92. The number of rotatable bonds is 2. The molecule has 0 spiro atoms. The second kappa shape index (κ2) is 4.06. The third-order valence-electron chi connectivity index (χ3n) is 2.40. The van der Waals surface area contributed by atoms with Gasteiger partial charge in [-0.05, 0) is 12.8 Å². The van der Waals surface area contributed by atoms with Crippen molar-refractivity contribution in [1.29, 1.82) is 0 Å². The lowest BCUT2D eigenvalue weighted by Crippen LogP contribution is -2.16. The van der Waals surface area contributed by atoms with Gasteiger partial charge in [0.15, 0.2) is 0 Å². The number of carbonyl (C=O) groups is 1. The monoisotopic (exact) mass is 213 g/mol. The van der Waals surface area contributed by atoms with E-state index in [2.05, 4.69) is 4.98 Å². The fourth-order valence-corrected chi connectivity index (χ4v) is 2.39. The summed E-state index contributed by atoms with van der Waals surface area (Å²) in [5.74, 6) is -0.602. The molecule has 1 N–H and O–H groups in total. The molecule has 1 aliphatic rings. The van der Waals surface area contributed by atoms with Gasteiger partial charge in [-0.15, -0.1) is 11.3 Å². The van der Waals surface area contributed by atoms with E-state index in [9.17, 15) is 4.79 Å². The Kier molecular flexibility index (Phi) is 2.79. The molecule has 14 heavy (non-hydrogen) atoms. The van der Waals surface area contributed by atoms with Crippen molar-refractivity contribution >= 4 is 17.3 Å². The lowest BCUT2D eigenvalue weighted by molar-refractivity contribution is 0.0689. The maximum atomic E-state index is 10.9. The molecule has 0 atom stereocenters. The molecule has 0 saturated carbocycles. The molecule has 0 amide bonds. The van der Waals surface area contributed by atoms with Gasteiger partial charge in [0.2, 0.25) is 0 Å². The van der Waals surface area contributed by atoms with E-state index < -0.39 is 5.97 Å². The number of carboxylic acids is 1. The SMILES string of the molecule is O=C(O)c1scnc1C1CCOCC1. The van der Waals surface area contributed by atoms with Gasteiger partial charge >= 0.3 is 5.97 Å². The topological polar surface area (TPSA) is 59.4 Å². The van der Waals surface area contributed by atoms with Crippen molar-refractivity contribution in [3.05, 3.63) is 16.1 Å². The van der Waals surface area contributed by atoms with Crippen LogP contribution in [0.1, 0.15) is 34.1 Å². The second-order valence-electron chi connectivity index (χ2n) is 3.26. The lowest BCUT2D eigenvalue weighted by Gasteiger charge is -2.20. The fraction of sp³-hybridized carbons (Fsp3) is 0.556. The number of thiazole rings is 1. The highest BCUT2D eigenvalue weighted by Crippen LogP contribution is 2.30. The van der Waals surface area contributed by atoms with Gasteiger partial charge in [-0.1, -0.05) is 0 Å². The van der Waals surface area contributed by atoms with E-state index in [1.165, 1.54) is 11.3 Å². The van der Waals surface area contributed by atoms with Crippen LogP contribution in [0.15, 0.2) is 5.51 Å². The summed E-state index contributed by atoms with van der Waals surface area (Å²) in [7, 11) is 0. The van der Waals surface area contributed by atoms with E-state index in [4.69, 9.17) is 9.84 Å². The Labute approximate surface area is 85.5 Å². The van der Waals surface area contributed by atoms with Crippen molar-refractivity contribution in [2.75, 3.05) is 13.2 Å². The molecular weight excluding hydrogens is 202 g/mol. The number of aromatic carboxylic acids is 1. The zero-order chi connectivity index (χ0) is 9.97. The minimum absolute atomic E-state index is 0.265. The summed E-state index contributed by atoms with van der Waals surface area (Å²) < 4.78 is 5.23. The Morgan fingerprint density at radius 1 is 1.57 bits per heavy atom. The fourth-order valence-electron chi connectivity index (χ4n) is 1.68. The van der Waals surface area contributed by atoms with Gasteiger partial charge in [0, 0.05) is 19.1 Å². The van der Waals surface area contributed by atoms with Gasteiger partial charge in [-0.3, -0.25) is 0 Å². The third kappa shape index (κ3) is 1.78. The first-order valence-corrected chi connectivity index (χ1v) is 5.41. The van der Waals surface area contributed by atoms with Crippen LogP contribution >= 0.6 is 11.3 Å². The molecular formula is C9H11NO3S. The van der Waals surface area contributed by atoms with Crippen LogP contribution in [0.4, 0.5) is 0 Å². The van der Waals surface area contributed by atoms with Crippen molar-refractivity contribution in [3.8, 4) is 0 Å². The predicted molar refractivity (Wildman–Crippen MR) is 51.9 cm³/mol. The molecule has 76 valence electrons. The predicted octanol–water partition coefficient (Wildman–Crippen LogP) is 1.74. The number of nitrogens with zero attached hydrogens (tertiary/aromatic N) is 1. The van der Waals surface area contributed by atoms with Crippen LogP contribution < -0.4 is 0 Å². The summed E-state index contributed by atoms with van der Waals surface area (Å²) in [6.07, 6.45) is 1.76. The van der Waals surface area contributed by atoms with E-state index in [1.54, 1.807) is 5.51 Å². The average molecular weight is 213 g/mol.